The number of nitrogens with one attached hydrogen (secondary N) is 1. The van der Waals surface area contributed by atoms with E-state index in [0.29, 0.717) is 11.1 Å². The number of hydrogen-bond donors (Lipinski definition) is 2. The number of benzene rings is 1. The Balaban J connectivity index is 2.06. The number of carboxylic acids is 1. The molecular formula is C14H14N2O5. The molecule has 0 aliphatic carbocycles. The fourth-order valence-electron chi connectivity index (χ4n) is 2.21. The molecule has 21 heavy (non-hydrogen) atoms. The van der Waals surface area contributed by atoms with E-state index in [1.807, 2.05) is 0 Å². The fraction of sp³-hybridized carbons (Fsp3) is 0.286. The van der Waals surface area contributed by atoms with Gasteiger partial charge in [0, 0.05) is 12.5 Å². The third-order valence-corrected chi connectivity index (χ3v) is 3.18. The van der Waals surface area contributed by atoms with Gasteiger partial charge in [-0.2, -0.15) is 0 Å². The van der Waals surface area contributed by atoms with E-state index in [1.165, 1.54) is 0 Å². The van der Waals surface area contributed by atoms with E-state index >= 15 is 0 Å². The van der Waals surface area contributed by atoms with Gasteiger partial charge in [0.1, 0.15) is 6.54 Å². The highest BCUT2D eigenvalue weighted by molar-refractivity contribution is 6.21. The molecule has 1 heterocycles. The van der Waals surface area contributed by atoms with E-state index in [9.17, 15) is 19.2 Å². The number of hydrogen-bond acceptors (Lipinski definition) is 4. The Morgan fingerprint density at radius 1 is 1.19 bits per heavy atom. The van der Waals surface area contributed by atoms with Crippen molar-refractivity contribution >= 4 is 23.7 Å². The molecule has 7 nitrogen and oxygen atoms in total. The van der Waals surface area contributed by atoms with E-state index < -0.39 is 36.3 Å². The van der Waals surface area contributed by atoms with Gasteiger partial charge >= 0.3 is 5.97 Å². The van der Waals surface area contributed by atoms with E-state index in [4.69, 9.17) is 5.11 Å². The highest BCUT2D eigenvalue weighted by Crippen LogP contribution is 2.25. The van der Waals surface area contributed by atoms with Gasteiger partial charge in [-0.25, -0.2) is 0 Å². The fourth-order valence-corrected chi connectivity index (χ4v) is 2.21. The Morgan fingerprint density at radius 3 is 2.19 bits per heavy atom. The van der Waals surface area contributed by atoms with Crippen molar-refractivity contribution in [1.29, 1.82) is 0 Å². The van der Waals surface area contributed by atoms with Crippen LogP contribution in [0.4, 0.5) is 0 Å². The summed E-state index contributed by atoms with van der Waals surface area (Å²) in [4.78, 5) is 47.3. The number of carbonyl (C=O) groups is 4. The van der Waals surface area contributed by atoms with Crippen LogP contribution in [-0.4, -0.2) is 46.3 Å². The zero-order chi connectivity index (χ0) is 15.6. The largest absolute Gasteiger partial charge is 0.480 e. The number of imide groups is 1. The third kappa shape index (κ3) is 2.91. The summed E-state index contributed by atoms with van der Waals surface area (Å²) in [6.07, 6.45) is -0.140. The lowest BCUT2D eigenvalue weighted by Gasteiger charge is -2.21. The van der Waals surface area contributed by atoms with Gasteiger partial charge in [0.2, 0.25) is 5.91 Å². The summed E-state index contributed by atoms with van der Waals surface area (Å²) in [6, 6.07) is 5.81. The van der Waals surface area contributed by atoms with Crippen molar-refractivity contribution in [2.24, 2.45) is 0 Å². The summed E-state index contributed by atoms with van der Waals surface area (Å²) in [5, 5.41) is 10.7. The van der Waals surface area contributed by atoms with Gasteiger partial charge in [-0.15, -0.1) is 0 Å². The zero-order valence-electron chi connectivity index (χ0n) is 11.3. The van der Waals surface area contributed by atoms with Crippen molar-refractivity contribution in [2.75, 3.05) is 6.54 Å². The number of aliphatic carboxylic acids is 1. The Morgan fingerprint density at radius 2 is 1.71 bits per heavy atom. The van der Waals surface area contributed by atoms with Gasteiger partial charge in [0.25, 0.3) is 11.8 Å². The molecule has 2 rings (SSSR count). The second-order valence-electron chi connectivity index (χ2n) is 4.75. The molecule has 0 radical (unpaired) electrons. The molecule has 2 N–H and O–H groups in total. The molecule has 3 amide bonds. The van der Waals surface area contributed by atoms with Gasteiger partial charge in [-0.05, 0) is 19.1 Å². The van der Waals surface area contributed by atoms with Crippen LogP contribution in [0.15, 0.2) is 24.3 Å². The lowest BCUT2D eigenvalue weighted by atomic mass is 10.1. The second kappa shape index (κ2) is 5.74. The van der Waals surface area contributed by atoms with E-state index in [2.05, 4.69) is 5.32 Å². The maximum atomic E-state index is 12.2. The molecule has 0 spiro atoms. The van der Waals surface area contributed by atoms with Crippen molar-refractivity contribution in [3.05, 3.63) is 35.4 Å². The van der Waals surface area contributed by atoms with Crippen molar-refractivity contribution < 1.29 is 24.3 Å². The topological polar surface area (TPSA) is 104 Å². The Kier molecular flexibility index (Phi) is 4.02. The minimum absolute atomic E-state index is 0.140. The lowest BCUT2D eigenvalue weighted by Crippen LogP contribution is -2.41. The lowest BCUT2D eigenvalue weighted by molar-refractivity contribution is -0.138. The Hall–Kier alpha value is -2.70. The highest BCUT2D eigenvalue weighted by Gasteiger charge is 2.38. The first kappa shape index (κ1) is 14.7. The predicted molar refractivity (Wildman–Crippen MR) is 71.7 cm³/mol. The first-order valence-corrected chi connectivity index (χ1v) is 6.37. The summed E-state index contributed by atoms with van der Waals surface area (Å²) < 4.78 is 0. The maximum Gasteiger partial charge on any atom is 0.322 e. The Bertz CT molecular complexity index is 591. The molecule has 110 valence electrons. The molecule has 0 saturated carbocycles. The summed E-state index contributed by atoms with van der Waals surface area (Å²) >= 11 is 0. The first-order valence-electron chi connectivity index (χ1n) is 6.37. The quantitative estimate of drug-likeness (QED) is 0.757. The van der Waals surface area contributed by atoms with Crippen LogP contribution in [0, 0.1) is 0 Å². The van der Waals surface area contributed by atoms with Gasteiger partial charge in [0.15, 0.2) is 0 Å². The van der Waals surface area contributed by atoms with Crippen LogP contribution in [-0.2, 0) is 9.59 Å². The molecule has 1 unspecified atom stereocenters. The molecular weight excluding hydrogens is 276 g/mol. The standard InChI is InChI=1S/C14H14N2O5/c1-8(6-11(17)15-7-12(18)19)16-13(20)9-4-2-3-5-10(9)14(16)21/h2-5,8H,6-7H2,1H3,(H,15,17)(H,18,19). The summed E-state index contributed by atoms with van der Waals surface area (Å²) in [5.74, 6) is -2.55. The number of fused-ring (bicyclic) bond motifs is 1. The van der Waals surface area contributed by atoms with Crippen LogP contribution in [0.5, 0.6) is 0 Å². The molecule has 0 bridgehead atoms. The average molecular weight is 290 g/mol. The number of nitrogens with zero attached hydrogens (tertiary/aromatic N) is 1. The van der Waals surface area contributed by atoms with Gasteiger partial charge in [0.05, 0.1) is 11.1 Å². The maximum absolute atomic E-state index is 12.2. The Labute approximate surface area is 120 Å². The van der Waals surface area contributed by atoms with Crippen molar-refractivity contribution in [2.45, 2.75) is 19.4 Å². The van der Waals surface area contributed by atoms with Crippen molar-refractivity contribution in [1.82, 2.24) is 10.2 Å². The van der Waals surface area contributed by atoms with Gasteiger partial charge in [-0.1, -0.05) is 12.1 Å². The molecule has 1 aromatic rings. The number of rotatable bonds is 5. The normalized spacial score (nSPS) is 14.8. The molecule has 1 aliphatic heterocycles. The molecule has 1 aromatic carbocycles. The van der Waals surface area contributed by atoms with Crippen LogP contribution in [0.1, 0.15) is 34.1 Å². The average Bonchev–Trinajstić information content (AvgIpc) is 2.69. The molecule has 0 fully saturated rings. The monoisotopic (exact) mass is 290 g/mol. The van der Waals surface area contributed by atoms with Crippen LogP contribution < -0.4 is 5.32 Å². The summed E-state index contributed by atoms with van der Waals surface area (Å²) in [5.41, 5.74) is 0.639. The van der Waals surface area contributed by atoms with E-state index in [0.717, 1.165) is 4.90 Å². The minimum atomic E-state index is -1.16. The summed E-state index contributed by atoms with van der Waals surface area (Å²) in [7, 11) is 0. The smallest absolute Gasteiger partial charge is 0.322 e. The van der Waals surface area contributed by atoms with Crippen LogP contribution in [0.3, 0.4) is 0 Å². The molecule has 1 atom stereocenters. The molecule has 0 saturated heterocycles. The zero-order valence-corrected chi connectivity index (χ0v) is 11.3. The molecule has 0 aromatic heterocycles. The van der Waals surface area contributed by atoms with Crippen molar-refractivity contribution in [3.63, 3.8) is 0 Å². The summed E-state index contributed by atoms with van der Waals surface area (Å²) in [6.45, 7) is 1.08. The highest BCUT2D eigenvalue weighted by atomic mass is 16.4. The van der Waals surface area contributed by atoms with Crippen LogP contribution in [0.2, 0.25) is 0 Å². The molecule has 1 aliphatic rings. The minimum Gasteiger partial charge on any atom is -0.480 e. The van der Waals surface area contributed by atoms with Gasteiger partial charge < -0.3 is 10.4 Å². The second-order valence-corrected chi connectivity index (χ2v) is 4.75. The first-order chi connectivity index (χ1) is 9.91. The molecule has 7 heteroatoms. The van der Waals surface area contributed by atoms with Gasteiger partial charge in [-0.3, -0.25) is 24.1 Å². The van der Waals surface area contributed by atoms with Crippen molar-refractivity contribution in [3.8, 4) is 0 Å². The third-order valence-electron chi connectivity index (χ3n) is 3.18. The number of carboxylic acid groups (broad SMARTS) is 1. The number of carbonyl (C=O) groups excluding carboxylic acids is 3. The van der Waals surface area contributed by atoms with E-state index in [-0.39, 0.29) is 6.42 Å². The SMILES string of the molecule is CC(CC(=O)NCC(=O)O)N1C(=O)c2ccccc2C1=O. The van der Waals surface area contributed by atoms with E-state index in [1.54, 1.807) is 31.2 Å². The van der Waals surface area contributed by atoms with Crippen LogP contribution >= 0.6 is 0 Å². The van der Waals surface area contributed by atoms with Crippen LogP contribution in [0.25, 0.3) is 0 Å². The number of amides is 3. The predicted octanol–water partition coefficient (Wildman–Crippen LogP) is 0.262.